The Morgan fingerprint density at radius 1 is 1.00 bits per heavy atom. The van der Waals surface area contributed by atoms with E-state index in [9.17, 15) is 9.59 Å². The molecule has 0 atom stereocenters. The molecule has 0 aliphatic heterocycles. The number of hydrogen-bond acceptors (Lipinski definition) is 5. The lowest BCUT2D eigenvalue weighted by molar-refractivity contribution is -0.136. The molecule has 5 nitrogen and oxygen atoms in total. The van der Waals surface area contributed by atoms with Crippen LogP contribution >= 0.6 is 0 Å². The highest BCUT2D eigenvalue weighted by Gasteiger charge is 2.15. The molecule has 0 heterocycles. The summed E-state index contributed by atoms with van der Waals surface area (Å²) in [5, 5.41) is 0. The van der Waals surface area contributed by atoms with Crippen LogP contribution in [0.3, 0.4) is 0 Å². The average molecular weight is 366 g/mol. The molecule has 0 radical (unpaired) electrons. The third-order valence-corrected chi connectivity index (χ3v) is 4.60. The normalized spacial score (nSPS) is 12.7. The SMILES string of the molecule is COc1ccc(OC)c(/C=C/C(=O)OCC(=O)c2ccc3c(c2)CCC3)c1. The van der Waals surface area contributed by atoms with Gasteiger partial charge < -0.3 is 14.2 Å². The van der Waals surface area contributed by atoms with Crippen molar-refractivity contribution in [3.8, 4) is 11.5 Å². The number of fused-ring (bicyclic) bond motifs is 1. The van der Waals surface area contributed by atoms with Crippen LogP contribution in [0.4, 0.5) is 0 Å². The Morgan fingerprint density at radius 3 is 2.59 bits per heavy atom. The molecule has 1 aliphatic carbocycles. The summed E-state index contributed by atoms with van der Waals surface area (Å²) in [5.41, 5.74) is 3.79. The Hall–Kier alpha value is -3.08. The molecule has 0 fully saturated rings. The first-order valence-electron chi connectivity index (χ1n) is 8.82. The van der Waals surface area contributed by atoms with Gasteiger partial charge in [0.05, 0.1) is 14.2 Å². The number of ketones is 1. The minimum Gasteiger partial charge on any atom is -0.497 e. The summed E-state index contributed by atoms with van der Waals surface area (Å²) in [4.78, 5) is 24.2. The maximum absolute atomic E-state index is 12.3. The largest absolute Gasteiger partial charge is 0.497 e. The summed E-state index contributed by atoms with van der Waals surface area (Å²) in [6.45, 7) is -0.281. The molecule has 2 aromatic rings. The number of hydrogen-bond donors (Lipinski definition) is 0. The minimum absolute atomic E-state index is 0.203. The summed E-state index contributed by atoms with van der Waals surface area (Å²) in [5.74, 6) is 0.462. The number of methoxy groups -OCH3 is 2. The molecule has 3 rings (SSSR count). The first-order chi connectivity index (χ1) is 13.1. The van der Waals surface area contributed by atoms with Crippen molar-refractivity contribution in [3.05, 3.63) is 64.7 Å². The number of carbonyl (C=O) groups is 2. The lowest BCUT2D eigenvalue weighted by Gasteiger charge is -2.07. The highest BCUT2D eigenvalue weighted by Crippen LogP contribution is 2.25. The topological polar surface area (TPSA) is 61.8 Å². The van der Waals surface area contributed by atoms with Gasteiger partial charge >= 0.3 is 5.97 Å². The van der Waals surface area contributed by atoms with E-state index in [1.165, 1.54) is 17.2 Å². The molecule has 0 amide bonds. The highest BCUT2D eigenvalue weighted by atomic mass is 16.5. The zero-order valence-electron chi connectivity index (χ0n) is 15.5. The molecule has 0 saturated carbocycles. The molecule has 140 valence electrons. The van der Waals surface area contributed by atoms with Crippen LogP contribution in [0.2, 0.25) is 0 Å². The van der Waals surface area contributed by atoms with Crippen molar-refractivity contribution in [3.63, 3.8) is 0 Å². The number of rotatable bonds is 7. The van der Waals surface area contributed by atoms with Crippen molar-refractivity contribution in [2.24, 2.45) is 0 Å². The van der Waals surface area contributed by atoms with Crippen molar-refractivity contribution < 1.29 is 23.8 Å². The van der Waals surface area contributed by atoms with Crippen LogP contribution < -0.4 is 9.47 Å². The minimum atomic E-state index is -0.589. The molecule has 5 heteroatoms. The van der Waals surface area contributed by atoms with Crippen LogP contribution in [0.5, 0.6) is 11.5 Å². The van der Waals surface area contributed by atoms with Crippen LogP contribution in [0.1, 0.15) is 33.5 Å². The summed E-state index contributed by atoms with van der Waals surface area (Å²) < 4.78 is 15.5. The number of ether oxygens (including phenoxy) is 3. The maximum Gasteiger partial charge on any atom is 0.331 e. The fourth-order valence-electron chi connectivity index (χ4n) is 3.14. The number of Topliss-reactive ketones (excluding diaryl/α,β-unsaturated/α-hetero) is 1. The van der Waals surface area contributed by atoms with Gasteiger partial charge in [0.25, 0.3) is 0 Å². The quantitative estimate of drug-likeness (QED) is 0.425. The third kappa shape index (κ3) is 4.56. The van der Waals surface area contributed by atoms with Crippen LogP contribution in [0, 0.1) is 0 Å². The van der Waals surface area contributed by atoms with Crippen LogP contribution in [0.15, 0.2) is 42.5 Å². The van der Waals surface area contributed by atoms with E-state index < -0.39 is 5.97 Å². The number of benzene rings is 2. The second-order valence-corrected chi connectivity index (χ2v) is 6.31. The molecule has 0 aromatic heterocycles. The van der Waals surface area contributed by atoms with Crippen molar-refractivity contribution >= 4 is 17.8 Å². The van der Waals surface area contributed by atoms with Gasteiger partial charge in [-0.05, 0) is 60.7 Å². The first kappa shape index (κ1) is 18.7. The summed E-state index contributed by atoms with van der Waals surface area (Å²) >= 11 is 0. The van der Waals surface area contributed by atoms with E-state index in [4.69, 9.17) is 14.2 Å². The Bertz CT molecular complexity index is 882. The highest BCUT2D eigenvalue weighted by molar-refractivity contribution is 5.99. The Morgan fingerprint density at radius 2 is 1.81 bits per heavy atom. The lowest BCUT2D eigenvalue weighted by atomic mass is 10.0. The molecule has 0 unspecified atom stereocenters. The van der Waals surface area contributed by atoms with Gasteiger partial charge in [0.1, 0.15) is 11.5 Å². The molecule has 2 aromatic carbocycles. The van der Waals surface area contributed by atoms with Gasteiger partial charge in [0.15, 0.2) is 12.4 Å². The van der Waals surface area contributed by atoms with E-state index in [-0.39, 0.29) is 12.4 Å². The van der Waals surface area contributed by atoms with Gasteiger partial charge in [0, 0.05) is 17.2 Å². The lowest BCUT2D eigenvalue weighted by Crippen LogP contribution is -2.12. The second-order valence-electron chi connectivity index (χ2n) is 6.31. The number of esters is 1. The number of aryl methyl sites for hydroxylation is 2. The molecule has 0 spiro atoms. The predicted octanol–water partition coefficient (Wildman–Crippen LogP) is 3.63. The van der Waals surface area contributed by atoms with Gasteiger partial charge in [-0.1, -0.05) is 12.1 Å². The Balaban J connectivity index is 1.59. The fraction of sp³-hybridized carbons (Fsp3) is 0.273. The van der Waals surface area contributed by atoms with Gasteiger partial charge in [-0.3, -0.25) is 4.79 Å². The summed E-state index contributed by atoms with van der Waals surface area (Å²) in [6, 6.07) is 11.0. The van der Waals surface area contributed by atoms with E-state index in [0.717, 1.165) is 19.3 Å². The molecule has 0 bridgehead atoms. The van der Waals surface area contributed by atoms with Crippen LogP contribution in [-0.4, -0.2) is 32.6 Å². The monoisotopic (exact) mass is 366 g/mol. The standard InChI is InChI=1S/C22H22O5/c1-25-19-9-10-21(26-2)18(13-19)8-11-22(24)27-14-20(23)17-7-6-15-4-3-5-16(15)12-17/h6-13H,3-5,14H2,1-2H3/b11-8+. The van der Waals surface area contributed by atoms with Crippen molar-refractivity contribution in [2.75, 3.05) is 20.8 Å². The third-order valence-electron chi connectivity index (χ3n) is 4.60. The van der Waals surface area contributed by atoms with Gasteiger partial charge in [-0.15, -0.1) is 0 Å². The van der Waals surface area contributed by atoms with Gasteiger partial charge in [-0.25, -0.2) is 4.79 Å². The van der Waals surface area contributed by atoms with Crippen LogP contribution in [0.25, 0.3) is 6.08 Å². The summed E-state index contributed by atoms with van der Waals surface area (Å²) in [6.07, 6.45) is 6.04. The molecule has 1 aliphatic rings. The fourth-order valence-corrected chi connectivity index (χ4v) is 3.14. The maximum atomic E-state index is 12.3. The zero-order chi connectivity index (χ0) is 19.2. The van der Waals surface area contributed by atoms with Gasteiger partial charge in [-0.2, -0.15) is 0 Å². The first-order valence-corrected chi connectivity index (χ1v) is 8.82. The predicted molar refractivity (Wildman–Crippen MR) is 102 cm³/mol. The Kier molecular flexibility index (Phi) is 5.91. The Labute approximate surface area is 158 Å². The van der Waals surface area contributed by atoms with Crippen molar-refractivity contribution in [2.45, 2.75) is 19.3 Å². The molecule has 27 heavy (non-hydrogen) atoms. The smallest absolute Gasteiger partial charge is 0.331 e. The average Bonchev–Trinajstić information content (AvgIpc) is 3.17. The molecular weight excluding hydrogens is 344 g/mol. The molecular formula is C22H22O5. The van der Waals surface area contributed by atoms with Crippen LogP contribution in [-0.2, 0) is 22.4 Å². The van der Waals surface area contributed by atoms with E-state index in [1.54, 1.807) is 44.6 Å². The second kappa shape index (κ2) is 8.54. The zero-order valence-corrected chi connectivity index (χ0v) is 15.5. The van der Waals surface area contributed by atoms with E-state index in [0.29, 0.717) is 22.6 Å². The van der Waals surface area contributed by atoms with Crippen molar-refractivity contribution in [1.29, 1.82) is 0 Å². The molecule has 0 saturated heterocycles. The molecule has 0 N–H and O–H groups in total. The van der Waals surface area contributed by atoms with Gasteiger partial charge in [0.2, 0.25) is 0 Å². The van der Waals surface area contributed by atoms with E-state index in [1.807, 2.05) is 12.1 Å². The summed E-state index contributed by atoms with van der Waals surface area (Å²) in [7, 11) is 3.11. The number of carbonyl (C=O) groups excluding carboxylic acids is 2. The van der Waals surface area contributed by atoms with E-state index in [2.05, 4.69) is 0 Å². The van der Waals surface area contributed by atoms with E-state index >= 15 is 0 Å². The van der Waals surface area contributed by atoms with Crippen molar-refractivity contribution in [1.82, 2.24) is 0 Å².